The molecular weight excluding hydrogens is 709 g/mol. The van der Waals surface area contributed by atoms with Crippen LogP contribution in [0, 0.1) is 0 Å². The van der Waals surface area contributed by atoms with Crippen LogP contribution in [0.3, 0.4) is 0 Å². The average molecular weight is 777 g/mol. The van der Waals surface area contributed by atoms with Crippen LogP contribution in [0.1, 0.15) is 97.8 Å². The normalized spacial score (nSPS) is 13.5. The Bertz CT molecular complexity index is 1420. The molecule has 0 aliphatic carbocycles. The molecule has 0 spiro atoms. The topological polar surface area (TPSA) is 78.9 Å². The highest BCUT2D eigenvalue weighted by atomic mass is 16.6. The highest BCUT2D eigenvalue weighted by Crippen LogP contribution is 2.07. The van der Waals surface area contributed by atoms with Gasteiger partial charge in [-0.1, -0.05) is 203 Å². The summed E-state index contributed by atoms with van der Waals surface area (Å²) in [4.78, 5) is 37.6. The fourth-order valence-corrected chi connectivity index (χ4v) is 4.29. The van der Waals surface area contributed by atoms with Gasteiger partial charge in [0.05, 0.1) is 0 Å². The molecule has 0 radical (unpaired) electrons. The number of unbranched alkanes of at least 4 members (excludes halogenated alkanes) is 3. The summed E-state index contributed by atoms with van der Waals surface area (Å²) in [6.45, 7) is 5.93. The molecular formula is C51H68O6. The van der Waals surface area contributed by atoms with Gasteiger partial charge in [-0.3, -0.25) is 14.4 Å². The number of ether oxygens (including phenoxy) is 3. The summed E-state index contributed by atoms with van der Waals surface area (Å²) in [6.07, 6.45) is 66.1. The van der Waals surface area contributed by atoms with Crippen molar-refractivity contribution < 1.29 is 28.6 Å². The van der Waals surface area contributed by atoms with Gasteiger partial charge in [0, 0.05) is 19.3 Å². The van der Waals surface area contributed by atoms with Crippen LogP contribution in [0.2, 0.25) is 0 Å². The third kappa shape index (κ3) is 41.5. The van der Waals surface area contributed by atoms with Crippen LogP contribution >= 0.6 is 0 Å². The van der Waals surface area contributed by atoms with E-state index in [1.807, 2.05) is 164 Å². The number of allylic oxidation sites excluding steroid dienone is 30. The van der Waals surface area contributed by atoms with Crippen molar-refractivity contribution in [2.45, 2.75) is 104 Å². The van der Waals surface area contributed by atoms with Crippen molar-refractivity contribution in [3.05, 3.63) is 182 Å². The van der Waals surface area contributed by atoms with E-state index in [0.717, 1.165) is 19.3 Å². The predicted molar refractivity (Wildman–Crippen MR) is 241 cm³/mol. The fraction of sp³-hybridized carbons (Fsp3) is 0.353. The van der Waals surface area contributed by atoms with Crippen molar-refractivity contribution in [3.63, 3.8) is 0 Å². The van der Waals surface area contributed by atoms with Crippen LogP contribution in [0.25, 0.3) is 0 Å². The molecule has 0 saturated heterocycles. The lowest BCUT2D eigenvalue weighted by atomic mass is 10.2. The Morgan fingerprint density at radius 3 is 0.877 bits per heavy atom. The Morgan fingerprint density at radius 2 is 0.596 bits per heavy atom. The van der Waals surface area contributed by atoms with Gasteiger partial charge in [-0.15, -0.1) is 0 Å². The predicted octanol–water partition coefficient (Wildman–Crippen LogP) is 13.1. The number of esters is 3. The Morgan fingerprint density at radius 1 is 0.351 bits per heavy atom. The minimum Gasteiger partial charge on any atom is -0.462 e. The second kappa shape index (κ2) is 43.2. The maximum Gasteiger partial charge on any atom is 0.306 e. The Hall–Kier alpha value is -5.49. The quantitative estimate of drug-likeness (QED) is 0.0293. The molecule has 0 saturated carbocycles. The Labute approximate surface area is 344 Å². The highest BCUT2D eigenvalue weighted by molar-refractivity contribution is 5.71. The zero-order valence-electron chi connectivity index (χ0n) is 34.7. The highest BCUT2D eigenvalue weighted by Gasteiger charge is 2.19. The molecule has 0 amide bonds. The monoisotopic (exact) mass is 777 g/mol. The SMILES string of the molecule is CC/C=C/C=C/C=C/C=C/C=C/CCCC(=O)OCC(COC(=O)CCC/C=C/C=C/C=C/C=C/C=C/CC)OC(=O)CCC/C=C/C=C/C=C/C=C/C=C/CC. The van der Waals surface area contributed by atoms with Crippen molar-refractivity contribution in [1.29, 1.82) is 0 Å². The van der Waals surface area contributed by atoms with Crippen LogP contribution in [0.15, 0.2) is 182 Å². The Kier molecular flexibility index (Phi) is 39.1. The molecule has 0 bridgehead atoms. The third-order valence-electron chi connectivity index (χ3n) is 7.27. The summed E-state index contributed by atoms with van der Waals surface area (Å²) >= 11 is 0. The van der Waals surface area contributed by atoms with Crippen LogP contribution in [-0.4, -0.2) is 37.2 Å². The lowest BCUT2D eigenvalue weighted by molar-refractivity contribution is -0.166. The molecule has 0 aliphatic rings. The van der Waals surface area contributed by atoms with Crippen molar-refractivity contribution >= 4 is 17.9 Å². The maximum atomic E-state index is 12.7. The molecule has 6 nitrogen and oxygen atoms in total. The summed E-state index contributed by atoms with van der Waals surface area (Å²) in [6, 6.07) is 0. The molecule has 57 heavy (non-hydrogen) atoms. The van der Waals surface area contributed by atoms with E-state index in [9.17, 15) is 14.4 Å². The number of rotatable bonds is 32. The number of hydrogen-bond donors (Lipinski definition) is 0. The molecule has 0 aromatic rings. The molecule has 308 valence electrons. The summed E-state index contributed by atoms with van der Waals surface area (Å²) in [7, 11) is 0. The average Bonchev–Trinajstić information content (AvgIpc) is 3.21. The molecule has 0 unspecified atom stereocenters. The van der Waals surface area contributed by atoms with E-state index in [2.05, 4.69) is 39.0 Å². The number of hydrogen-bond acceptors (Lipinski definition) is 6. The smallest absolute Gasteiger partial charge is 0.306 e. The zero-order chi connectivity index (χ0) is 41.5. The van der Waals surface area contributed by atoms with E-state index in [1.165, 1.54) is 0 Å². The summed E-state index contributed by atoms with van der Waals surface area (Å²) in [5.41, 5.74) is 0. The molecule has 0 heterocycles. The molecule has 0 aromatic heterocycles. The van der Waals surface area contributed by atoms with Gasteiger partial charge in [0.15, 0.2) is 6.10 Å². The van der Waals surface area contributed by atoms with Crippen LogP contribution < -0.4 is 0 Å². The van der Waals surface area contributed by atoms with E-state index in [0.29, 0.717) is 38.5 Å². The van der Waals surface area contributed by atoms with Crippen molar-refractivity contribution in [2.24, 2.45) is 0 Å². The lowest BCUT2D eigenvalue weighted by Gasteiger charge is -2.18. The van der Waals surface area contributed by atoms with Gasteiger partial charge >= 0.3 is 17.9 Å². The number of carbonyl (C=O) groups excluding carboxylic acids is 3. The fourth-order valence-electron chi connectivity index (χ4n) is 4.29. The molecule has 0 fully saturated rings. The van der Waals surface area contributed by atoms with Gasteiger partial charge in [-0.2, -0.15) is 0 Å². The van der Waals surface area contributed by atoms with Crippen LogP contribution in [0.4, 0.5) is 0 Å². The molecule has 0 aromatic carbocycles. The first-order valence-electron chi connectivity index (χ1n) is 20.5. The molecule has 0 N–H and O–H groups in total. The summed E-state index contributed by atoms with van der Waals surface area (Å²) in [5.74, 6) is -1.22. The van der Waals surface area contributed by atoms with Gasteiger partial charge in [0.25, 0.3) is 0 Å². The minimum atomic E-state index is -0.881. The third-order valence-corrected chi connectivity index (χ3v) is 7.27. The minimum absolute atomic E-state index is 0.178. The van der Waals surface area contributed by atoms with Crippen molar-refractivity contribution in [2.75, 3.05) is 13.2 Å². The van der Waals surface area contributed by atoms with E-state index >= 15 is 0 Å². The first-order valence-corrected chi connectivity index (χ1v) is 20.5. The van der Waals surface area contributed by atoms with E-state index in [-0.39, 0.29) is 32.5 Å². The van der Waals surface area contributed by atoms with Gasteiger partial charge in [-0.05, 0) is 57.8 Å². The Balaban J connectivity index is 4.81. The molecule has 0 atom stereocenters. The molecule has 0 rings (SSSR count). The van der Waals surface area contributed by atoms with Crippen molar-refractivity contribution in [1.82, 2.24) is 0 Å². The summed E-state index contributed by atoms with van der Waals surface area (Å²) in [5, 5.41) is 0. The zero-order valence-corrected chi connectivity index (χ0v) is 34.7. The largest absolute Gasteiger partial charge is 0.462 e. The second-order valence-corrected chi connectivity index (χ2v) is 12.4. The maximum absolute atomic E-state index is 12.7. The van der Waals surface area contributed by atoms with Gasteiger partial charge in [0.2, 0.25) is 0 Å². The standard InChI is InChI=1S/C51H68O6/c1-4-7-10-13-16-19-22-25-28-31-34-37-40-43-49(52)55-46-48(57-51(54)45-42-39-36-33-30-27-24-21-18-15-12-9-6-3)47-56-50(53)44-41-38-35-32-29-26-23-20-17-14-11-8-5-2/h7-36,48H,4-6,37-47H2,1-3H3/b10-7+,11-8+,12-9+,16-13+,17-14+,18-15+,22-19+,23-20+,24-21+,28-25+,29-26+,30-27+,34-31+,35-32+,36-33+. The molecule has 6 heteroatoms. The van der Waals surface area contributed by atoms with E-state index in [1.54, 1.807) is 0 Å². The summed E-state index contributed by atoms with van der Waals surface area (Å²) < 4.78 is 16.4. The van der Waals surface area contributed by atoms with Crippen LogP contribution in [-0.2, 0) is 28.6 Å². The van der Waals surface area contributed by atoms with Gasteiger partial charge < -0.3 is 14.2 Å². The van der Waals surface area contributed by atoms with Crippen molar-refractivity contribution in [3.8, 4) is 0 Å². The van der Waals surface area contributed by atoms with E-state index < -0.39 is 24.0 Å². The van der Waals surface area contributed by atoms with E-state index in [4.69, 9.17) is 14.2 Å². The van der Waals surface area contributed by atoms with Gasteiger partial charge in [-0.25, -0.2) is 0 Å². The molecule has 0 aliphatic heterocycles. The van der Waals surface area contributed by atoms with Gasteiger partial charge in [0.1, 0.15) is 13.2 Å². The first-order chi connectivity index (χ1) is 28.0. The first kappa shape index (κ1) is 51.5. The lowest BCUT2D eigenvalue weighted by Crippen LogP contribution is -2.30. The second-order valence-electron chi connectivity index (χ2n) is 12.4. The number of carbonyl (C=O) groups is 3. The van der Waals surface area contributed by atoms with Crippen LogP contribution in [0.5, 0.6) is 0 Å².